The van der Waals surface area contributed by atoms with Crippen LogP contribution in [0.15, 0.2) is 18.2 Å². The maximum Gasteiger partial charge on any atom is 0.251 e. The molecule has 1 amide bonds. The minimum Gasteiger partial charge on any atom is -0.351 e. The van der Waals surface area contributed by atoms with E-state index >= 15 is 0 Å². The summed E-state index contributed by atoms with van der Waals surface area (Å²) in [5.41, 5.74) is 1.20. The molecule has 1 N–H and O–H groups in total. The van der Waals surface area contributed by atoms with Crippen LogP contribution in [0.2, 0.25) is 0 Å². The Bertz CT molecular complexity index is 483. The predicted molar refractivity (Wildman–Crippen MR) is 79.7 cm³/mol. The molecule has 0 heterocycles. The van der Waals surface area contributed by atoms with Crippen LogP contribution in [0.5, 0.6) is 0 Å². The molecule has 1 aliphatic carbocycles. The molecule has 1 aromatic rings. The summed E-state index contributed by atoms with van der Waals surface area (Å²) in [6.07, 6.45) is 5.69. The molecule has 1 fully saturated rings. The highest BCUT2D eigenvalue weighted by molar-refractivity contribution is 6.18. The Balaban J connectivity index is 2.02. The summed E-state index contributed by atoms with van der Waals surface area (Å²) in [6.45, 7) is 2.39. The summed E-state index contributed by atoms with van der Waals surface area (Å²) in [5.74, 6) is -0.0300. The molecule has 0 bridgehead atoms. The molecule has 0 aliphatic heterocycles. The molecule has 1 aromatic carbocycles. The first-order valence-corrected chi connectivity index (χ1v) is 7.70. The van der Waals surface area contributed by atoms with Crippen LogP contribution in [-0.2, 0) is 0 Å². The minimum atomic E-state index is -0.384. The standard InChI is InChI=1S/C16H21ClFNO/c1-12-5-6-13(18)9-14(12)15(20)19-11-16(10-17)7-3-2-4-8-16/h5-6,9H,2-4,7-8,10-11H2,1H3,(H,19,20). The fourth-order valence-electron chi connectivity index (χ4n) is 2.86. The first kappa shape index (κ1) is 15.3. The van der Waals surface area contributed by atoms with E-state index in [2.05, 4.69) is 5.32 Å². The minimum absolute atomic E-state index is 0.0106. The van der Waals surface area contributed by atoms with Gasteiger partial charge in [-0.2, -0.15) is 0 Å². The van der Waals surface area contributed by atoms with Crippen LogP contribution in [0.3, 0.4) is 0 Å². The van der Waals surface area contributed by atoms with Crippen molar-refractivity contribution in [1.29, 1.82) is 0 Å². The molecule has 2 nitrogen and oxygen atoms in total. The summed E-state index contributed by atoms with van der Waals surface area (Å²) >= 11 is 6.11. The molecule has 4 heteroatoms. The summed E-state index contributed by atoms with van der Waals surface area (Å²) < 4.78 is 13.2. The summed E-state index contributed by atoms with van der Waals surface area (Å²) in [4.78, 5) is 12.2. The number of nitrogens with one attached hydrogen (secondary N) is 1. The largest absolute Gasteiger partial charge is 0.351 e. The Labute approximate surface area is 124 Å². The first-order chi connectivity index (χ1) is 9.56. The van der Waals surface area contributed by atoms with Crippen molar-refractivity contribution in [3.8, 4) is 0 Å². The number of alkyl halides is 1. The Morgan fingerprint density at radius 2 is 2.05 bits per heavy atom. The lowest BCUT2D eigenvalue weighted by Gasteiger charge is -2.35. The van der Waals surface area contributed by atoms with E-state index in [-0.39, 0.29) is 17.1 Å². The topological polar surface area (TPSA) is 29.1 Å². The number of aryl methyl sites for hydroxylation is 1. The normalized spacial score (nSPS) is 17.8. The Hall–Kier alpha value is -1.09. The molecule has 0 radical (unpaired) electrons. The molecule has 1 saturated carbocycles. The van der Waals surface area contributed by atoms with E-state index in [1.165, 1.54) is 31.4 Å². The van der Waals surface area contributed by atoms with Crippen LogP contribution < -0.4 is 5.32 Å². The van der Waals surface area contributed by atoms with E-state index in [0.29, 0.717) is 18.0 Å². The van der Waals surface area contributed by atoms with E-state index in [4.69, 9.17) is 11.6 Å². The van der Waals surface area contributed by atoms with Gasteiger partial charge < -0.3 is 5.32 Å². The van der Waals surface area contributed by atoms with Crippen LogP contribution in [-0.4, -0.2) is 18.3 Å². The molecular weight excluding hydrogens is 277 g/mol. The van der Waals surface area contributed by atoms with Crippen molar-refractivity contribution in [2.45, 2.75) is 39.0 Å². The van der Waals surface area contributed by atoms with Crippen LogP contribution in [0, 0.1) is 18.2 Å². The molecular formula is C16H21ClFNO. The number of halogens is 2. The third-order valence-corrected chi connectivity index (χ3v) is 4.83. The summed E-state index contributed by atoms with van der Waals surface area (Å²) in [5, 5.41) is 2.94. The van der Waals surface area contributed by atoms with E-state index < -0.39 is 0 Å². The van der Waals surface area contributed by atoms with E-state index in [1.807, 2.05) is 6.92 Å². The maximum atomic E-state index is 13.2. The zero-order valence-corrected chi connectivity index (χ0v) is 12.6. The molecule has 20 heavy (non-hydrogen) atoms. The van der Waals surface area contributed by atoms with Crippen molar-refractivity contribution in [1.82, 2.24) is 5.32 Å². The average molecular weight is 298 g/mol. The lowest BCUT2D eigenvalue weighted by atomic mass is 9.75. The Morgan fingerprint density at radius 3 is 2.70 bits per heavy atom. The second-order valence-electron chi connectivity index (χ2n) is 5.84. The van der Waals surface area contributed by atoms with Crippen molar-refractivity contribution < 1.29 is 9.18 Å². The molecule has 2 rings (SSSR count). The van der Waals surface area contributed by atoms with Crippen LogP contribution >= 0.6 is 11.6 Å². The third kappa shape index (κ3) is 3.51. The fraction of sp³-hybridized carbons (Fsp3) is 0.562. The number of amides is 1. The van der Waals surface area contributed by atoms with Crippen molar-refractivity contribution >= 4 is 17.5 Å². The molecule has 110 valence electrons. The summed E-state index contributed by atoms with van der Waals surface area (Å²) in [6, 6.07) is 4.29. The van der Waals surface area contributed by atoms with E-state index in [9.17, 15) is 9.18 Å². The molecule has 1 aliphatic rings. The molecule has 0 spiro atoms. The molecule has 0 atom stereocenters. The highest BCUT2D eigenvalue weighted by atomic mass is 35.5. The fourth-order valence-corrected chi connectivity index (χ4v) is 3.22. The zero-order valence-electron chi connectivity index (χ0n) is 11.8. The van der Waals surface area contributed by atoms with Gasteiger partial charge in [-0.05, 0) is 37.5 Å². The van der Waals surface area contributed by atoms with E-state index in [1.54, 1.807) is 6.07 Å². The van der Waals surface area contributed by atoms with Gasteiger partial charge in [-0.3, -0.25) is 4.79 Å². The monoisotopic (exact) mass is 297 g/mol. The average Bonchev–Trinajstić information content (AvgIpc) is 2.48. The van der Waals surface area contributed by atoms with Gasteiger partial charge in [0.1, 0.15) is 5.82 Å². The van der Waals surface area contributed by atoms with Crippen molar-refractivity contribution in [3.05, 3.63) is 35.1 Å². The number of hydrogen-bond donors (Lipinski definition) is 1. The van der Waals surface area contributed by atoms with Gasteiger partial charge in [0, 0.05) is 23.4 Å². The number of benzene rings is 1. The van der Waals surface area contributed by atoms with Gasteiger partial charge in [-0.25, -0.2) is 4.39 Å². The highest BCUT2D eigenvalue weighted by Gasteiger charge is 2.31. The van der Waals surface area contributed by atoms with Gasteiger partial charge in [0.25, 0.3) is 5.91 Å². The van der Waals surface area contributed by atoms with Gasteiger partial charge in [-0.1, -0.05) is 25.3 Å². The number of carbonyl (C=O) groups is 1. The van der Waals surface area contributed by atoms with Gasteiger partial charge >= 0.3 is 0 Å². The molecule has 0 saturated heterocycles. The van der Waals surface area contributed by atoms with Crippen LogP contribution in [0.1, 0.15) is 48.0 Å². The van der Waals surface area contributed by atoms with Crippen molar-refractivity contribution in [3.63, 3.8) is 0 Å². The van der Waals surface area contributed by atoms with Gasteiger partial charge in [0.15, 0.2) is 0 Å². The predicted octanol–water partition coefficient (Wildman–Crippen LogP) is 4.05. The van der Waals surface area contributed by atoms with Gasteiger partial charge in [-0.15, -0.1) is 11.6 Å². The number of hydrogen-bond acceptors (Lipinski definition) is 1. The van der Waals surface area contributed by atoms with Gasteiger partial charge in [0.05, 0.1) is 0 Å². The van der Waals surface area contributed by atoms with Crippen LogP contribution in [0.25, 0.3) is 0 Å². The highest BCUT2D eigenvalue weighted by Crippen LogP contribution is 2.36. The quantitative estimate of drug-likeness (QED) is 0.835. The second-order valence-corrected chi connectivity index (χ2v) is 6.10. The lowest BCUT2D eigenvalue weighted by molar-refractivity contribution is 0.0920. The second kappa shape index (κ2) is 6.57. The Kier molecular flexibility index (Phi) is 5.03. The zero-order chi connectivity index (χ0) is 14.6. The lowest BCUT2D eigenvalue weighted by Crippen LogP contribution is -2.40. The molecule has 0 unspecified atom stereocenters. The SMILES string of the molecule is Cc1ccc(F)cc1C(=O)NCC1(CCl)CCCCC1. The smallest absolute Gasteiger partial charge is 0.251 e. The van der Waals surface area contributed by atoms with Crippen molar-refractivity contribution in [2.24, 2.45) is 5.41 Å². The van der Waals surface area contributed by atoms with E-state index in [0.717, 1.165) is 18.4 Å². The summed E-state index contributed by atoms with van der Waals surface area (Å²) in [7, 11) is 0. The van der Waals surface area contributed by atoms with Gasteiger partial charge in [0.2, 0.25) is 0 Å². The number of carbonyl (C=O) groups excluding carboxylic acids is 1. The van der Waals surface area contributed by atoms with Crippen LogP contribution in [0.4, 0.5) is 4.39 Å². The first-order valence-electron chi connectivity index (χ1n) is 7.17. The number of rotatable bonds is 4. The maximum absolute atomic E-state index is 13.2. The molecule has 0 aromatic heterocycles. The van der Waals surface area contributed by atoms with Crippen molar-refractivity contribution in [2.75, 3.05) is 12.4 Å². The third-order valence-electron chi connectivity index (χ3n) is 4.27. The Morgan fingerprint density at radius 1 is 1.35 bits per heavy atom.